The average molecular weight is 427 g/mol. The van der Waals surface area contributed by atoms with Gasteiger partial charge in [-0.25, -0.2) is 9.59 Å². The predicted octanol–water partition coefficient (Wildman–Crippen LogP) is 3.48. The molecule has 1 saturated carbocycles. The Morgan fingerprint density at radius 3 is 1.94 bits per heavy atom. The zero-order valence-corrected chi connectivity index (χ0v) is 17.7. The number of hydrogen-bond donors (Lipinski definition) is 2. The van der Waals surface area contributed by atoms with Crippen LogP contribution in [0.4, 0.5) is 0 Å². The molecule has 0 atom stereocenters. The van der Waals surface area contributed by atoms with E-state index in [1.165, 1.54) is 38.5 Å². The van der Waals surface area contributed by atoms with Gasteiger partial charge in [0.2, 0.25) is 0 Å². The fraction of sp³-hybridized carbons (Fsp3) is 0.458. The van der Waals surface area contributed by atoms with Crippen molar-refractivity contribution >= 4 is 28.6 Å². The molecular formula is C24H30N2O5. The third-order valence-electron chi connectivity index (χ3n) is 6.15. The summed E-state index contributed by atoms with van der Waals surface area (Å²) in [5, 5.41) is 17.0. The van der Waals surface area contributed by atoms with Gasteiger partial charge in [-0.2, -0.15) is 0 Å². The molecule has 7 heteroatoms. The third-order valence-corrected chi connectivity index (χ3v) is 6.15. The lowest BCUT2D eigenvalue weighted by molar-refractivity contribution is -0.159. The Hall–Kier alpha value is -2.93. The van der Waals surface area contributed by atoms with Crippen molar-refractivity contribution in [1.29, 1.82) is 0 Å². The summed E-state index contributed by atoms with van der Waals surface area (Å²) in [6, 6.07) is 15.0. The van der Waals surface area contributed by atoms with Crippen molar-refractivity contribution in [2.75, 3.05) is 26.2 Å². The second-order valence-electron chi connectivity index (χ2n) is 8.11. The van der Waals surface area contributed by atoms with E-state index in [1.807, 2.05) is 24.3 Å². The van der Waals surface area contributed by atoms with E-state index in [2.05, 4.69) is 28.0 Å². The topological polar surface area (TPSA) is 98.1 Å². The molecule has 2 aromatic rings. The Kier molecular flexibility index (Phi) is 8.00. The molecule has 2 N–H and O–H groups in total. The van der Waals surface area contributed by atoms with E-state index in [4.69, 9.17) is 19.8 Å². The van der Waals surface area contributed by atoms with E-state index in [-0.39, 0.29) is 5.91 Å². The molecule has 1 heterocycles. The van der Waals surface area contributed by atoms with Gasteiger partial charge < -0.3 is 15.1 Å². The van der Waals surface area contributed by atoms with E-state index < -0.39 is 11.9 Å². The lowest BCUT2D eigenvalue weighted by atomic mass is 10.0. The fourth-order valence-electron chi connectivity index (χ4n) is 4.50. The van der Waals surface area contributed by atoms with Crippen LogP contribution in [0.5, 0.6) is 0 Å². The summed E-state index contributed by atoms with van der Waals surface area (Å²) in [5.41, 5.74) is 0.848. The van der Waals surface area contributed by atoms with Crippen LogP contribution in [0.1, 0.15) is 48.9 Å². The van der Waals surface area contributed by atoms with Crippen LogP contribution in [-0.4, -0.2) is 70.1 Å². The third kappa shape index (κ3) is 6.04. The Bertz CT molecular complexity index is 896. The van der Waals surface area contributed by atoms with Gasteiger partial charge in [-0.3, -0.25) is 9.69 Å². The normalized spacial score (nSPS) is 18.0. The fourth-order valence-corrected chi connectivity index (χ4v) is 4.50. The lowest BCUT2D eigenvalue weighted by Crippen LogP contribution is -2.51. The second kappa shape index (κ2) is 10.9. The van der Waals surface area contributed by atoms with Gasteiger partial charge in [0.1, 0.15) is 0 Å². The largest absolute Gasteiger partial charge is 0.473 e. The number of benzene rings is 2. The summed E-state index contributed by atoms with van der Waals surface area (Å²) in [6.45, 7) is 3.78. The summed E-state index contributed by atoms with van der Waals surface area (Å²) in [4.78, 5) is 35.9. The molecule has 31 heavy (non-hydrogen) atoms. The highest BCUT2D eigenvalue weighted by Gasteiger charge is 2.27. The van der Waals surface area contributed by atoms with Gasteiger partial charge in [0.15, 0.2) is 0 Å². The van der Waals surface area contributed by atoms with Crippen LogP contribution >= 0.6 is 0 Å². The highest BCUT2D eigenvalue weighted by Crippen LogP contribution is 2.24. The summed E-state index contributed by atoms with van der Waals surface area (Å²) < 4.78 is 0. The Balaban J connectivity index is 0.000000401. The monoisotopic (exact) mass is 426 g/mol. The summed E-state index contributed by atoms with van der Waals surface area (Å²) in [6.07, 6.45) is 8.24. The van der Waals surface area contributed by atoms with Crippen LogP contribution in [0, 0.1) is 0 Å². The molecule has 1 saturated heterocycles. The molecular weight excluding hydrogens is 396 g/mol. The molecule has 1 aliphatic heterocycles. The summed E-state index contributed by atoms with van der Waals surface area (Å²) >= 11 is 0. The highest BCUT2D eigenvalue weighted by molar-refractivity contribution is 6.27. The molecule has 166 valence electrons. The maximum absolute atomic E-state index is 13.1. The van der Waals surface area contributed by atoms with Crippen molar-refractivity contribution in [3.8, 4) is 0 Å². The number of rotatable bonds is 2. The van der Waals surface area contributed by atoms with E-state index in [1.54, 1.807) is 0 Å². The van der Waals surface area contributed by atoms with Crippen molar-refractivity contribution in [1.82, 2.24) is 9.80 Å². The van der Waals surface area contributed by atoms with E-state index in [9.17, 15) is 4.79 Å². The Labute approximate surface area is 182 Å². The summed E-state index contributed by atoms with van der Waals surface area (Å²) in [7, 11) is 0. The van der Waals surface area contributed by atoms with Crippen molar-refractivity contribution in [3.63, 3.8) is 0 Å². The van der Waals surface area contributed by atoms with Crippen molar-refractivity contribution in [2.24, 2.45) is 0 Å². The molecule has 0 bridgehead atoms. The van der Waals surface area contributed by atoms with Gasteiger partial charge in [-0.05, 0) is 29.7 Å². The molecule has 2 fully saturated rings. The van der Waals surface area contributed by atoms with E-state index >= 15 is 0 Å². The van der Waals surface area contributed by atoms with Crippen LogP contribution in [0.25, 0.3) is 10.8 Å². The number of hydrogen-bond acceptors (Lipinski definition) is 4. The number of piperazine rings is 1. The zero-order valence-electron chi connectivity index (χ0n) is 17.7. The molecule has 0 spiro atoms. The molecule has 0 unspecified atom stereocenters. The smallest absolute Gasteiger partial charge is 0.414 e. The van der Waals surface area contributed by atoms with Gasteiger partial charge in [0, 0.05) is 37.8 Å². The second-order valence-corrected chi connectivity index (χ2v) is 8.11. The number of carboxylic acids is 2. The van der Waals surface area contributed by atoms with Crippen LogP contribution < -0.4 is 0 Å². The first-order chi connectivity index (χ1) is 15.0. The first-order valence-electron chi connectivity index (χ1n) is 10.9. The number of aliphatic carboxylic acids is 2. The zero-order chi connectivity index (χ0) is 22.2. The molecule has 1 aliphatic carbocycles. The molecule has 1 amide bonds. The van der Waals surface area contributed by atoms with Gasteiger partial charge in [0.05, 0.1) is 0 Å². The quantitative estimate of drug-likeness (QED) is 0.564. The van der Waals surface area contributed by atoms with Gasteiger partial charge in [-0.1, -0.05) is 62.1 Å². The Morgan fingerprint density at radius 1 is 0.742 bits per heavy atom. The van der Waals surface area contributed by atoms with Gasteiger partial charge in [0.25, 0.3) is 5.91 Å². The van der Waals surface area contributed by atoms with Crippen LogP contribution in [-0.2, 0) is 9.59 Å². The molecule has 4 rings (SSSR count). The first-order valence-corrected chi connectivity index (χ1v) is 10.9. The van der Waals surface area contributed by atoms with E-state index in [0.29, 0.717) is 0 Å². The SMILES string of the molecule is O=C(O)C(=O)O.O=C(c1cccc2ccccc12)N1CCN(C2CCCCCC2)CC1. The minimum atomic E-state index is -1.82. The highest BCUT2D eigenvalue weighted by atomic mass is 16.4. The van der Waals surface area contributed by atoms with Crippen molar-refractivity contribution in [3.05, 3.63) is 48.0 Å². The van der Waals surface area contributed by atoms with Crippen molar-refractivity contribution < 1.29 is 24.6 Å². The van der Waals surface area contributed by atoms with Crippen molar-refractivity contribution in [2.45, 2.75) is 44.6 Å². The van der Waals surface area contributed by atoms with Crippen LogP contribution in [0.3, 0.4) is 0 Å². The number of carbonyl (C=O) groups excluding carboxylic acids is 1. The minimum absolute atomic E-state index is 0.192. The van der Waals surface area contributed by atoms with Gasteiger partial charge >= 0.3 is 11.9 Å². The van der Waals surface area contributed by atoms with E-state index in [0.717, 1.165) is 48.6 Å². The standard InChI is InChI=1S/C22H28N2O.C2H2O4/c25-22(21-13-7-9-18-8-5-6-12-20(18)21)24-16-14-23(15-17-24)19-10-3-1-2-4-11-19;3-1(4)2(5)6/h5-9,12-13,19H,1-4,10-11,14-17H2;(H,3,4)(H,5,6). The molecule has 2 aliphatic rings. The number of fused-ring (bicyclic) bond motifs is 1. The molecule has 0 aromatic heterocycles. The maximum Gasteiger partial charge on any atom is 0.414 e. The lowest BCUT2D eigenvalue weighted by Gasteiger charge is -2.39. The van der Waals surface area contributed by atoms with Crippen LogP contribution in [0.15, 0.2) is 42.5 Å². The minimum Gasteiger partial charge on any atom is -0.473 e. The van der Waals surface area contributed by atoms with Crippen LogP contribution in [0.2, 0.25) is 0 Å². The molecule has 0 radical (unpaired) electrons. The number of amides is 1. The number of carboxylic acid groups (broad SMARTS) is 2. The molecule has 7 nitrogen and oxygen atoms in total. The average Bonchev–Trinajstić information content (AvgIpc) is 3.08. The van der Waals surface area contributed by atoms with Gasteiger partial charge in [-0.15, -0.1) is 0 Å². The number of carbonyl (C=O) groups is 3. The summed E-state index contributed by atoms with van der Waals surface area (Å²) in [5.74, 6) is -3.46. The molecule has 2 aromatic carbocycles. The number of nitrogens with zero attached hydrogens (tertiary/aromatic N) is 2. The maximum atomic E-state index is 13.1. The Morgan fingerprint density at radius 2 is 1.32 bits per heavy atom. The predicted molar refractivity (Wildman–Crippen MR) is 118 cm³/mol. The first kappa shape index (κ1) is 22.7.